The molecule has 0 spiro atoms. The zero-order valence-electron chi connectivity index (χ0n) is 18.9. The number of carbonyl (C=O) groups is 2. The molecule has 1 N–H and O–H groups in total. The first-order chi connectivity index (χ1) is 16.8. The van der Waals surface area contributed by atoms with Crippen molar-refractivity contribution >= 4 is 28.3 Å². The maximum absolute atomic E-state index is 13.0. The highest BCUT2D eigenvalue weighted by Gasteiger charge is 2.42. The molecular weight excluding hydrogens is 459 g/mol. The van der Waals surface area contributed by atoms with Crippen molar-refractivity contribution in [1.29, 1.82) is 0 Å². The Morgan fingerprint density at radius 1 is 1.00 bits per heavy atom. The Hall–Kier alpha value is -3.46. The fourth-order valence-electron chi connectivity index (χ4n) is 4.64. The lowest BCUT2D eigenvalue weighted by molar-refractivity contribution is -0.189. The molecule has 1 aliphatic carbocycles. The molecule has 182 valence electrons. The Bertz CT molecular complexity index is 1290. The lowest BCUT2D eigenvalue weighted by Gasteiger charge is -2.36. The van der Waals surface area contributed by atoms with Crippen LogP contribution in [-0.2, 0) is 17.6 Å². The second-order valence-electron chi connectivity index (χ2n) is 8.98. The van der Waals surface area contributed by atoms with E-state index in [2.05, 4.69) is 19.9 Å². The van der Waals surface area contributed by atoms with Crippen LogP contribution in [0.2, 0.25) is 0 Å². The van der Waals surface area contributed by atoms with E-state index in [-0.39, 0.29) is 11.1 Å². The van der Waals surface area contributed by atoms with E-state index in [1.54, 1.807) is 18.2 Å². The number of nitrogens with zero attached hydrogens (tertiary/aromatic N) is 2. The number of carbonyl (C=O) groups excluding carboxylic acids is 2. The number of amides is 1. The third-order valence-corrected chi connectivity index (χ3v) is 6.75. The number of aromatic nitrogens is 1. The van der Waals surface area contributed by atoms with Gasteiger partial charge in [-0.1, -0.05) is 30.7 Å². The lowest BCUT2D eigenvalue weighted by atomic mass is 9.91. The number of rotatable bonds is 4. The summed E-state index contributed by atoms with van der Waals surface area (Å²) >= 11 is 0. The van der Waals surface area contributed by atoms with Crippen LogP contribution in [0.5, 0.6) is 5.88 Å². The average molecular weight is 483 g/mol. The molecule has 1 aliphatic heterocycles. The summed E-state index contributed by atoms with van der Waals surface area (Å²) in [5.41, 5.74) is 2.86. The van der Waals surface area contributed by atoms with Crippen molar-refractivity contribution in [2.24, 2.45) is 0 Å². The zero-order valence-corrected chi connectivity index (χ0v) is 18.9. The van der Waals surface area contributed by atoms with Crippen molar-refractivity contribution in [2.75, 3.05) is 18.4 Å². The molecule has 0 bridgehead atoms. The number of benzene rings is 2. The highest BCUT2D eigenvalue weighted by molar-refractivity contribution is 6.05. The number of nitrogens with one attached hydrogen (secondary N) is 1. The summed E-state index contributed by atoms with van der Waals surface area (Å²) in [7, 11) is 0. The highest BCUT2D eigenvalue weighted by Crippen LogP contribution is 2.30. The Morgan fingerprint density at radius 3 is 2.46 bits per heavy atom. The normalized spacial score (nSPS) is 16.8. The van der Waals surface area contributed by atoms with Gasteiger partial charge in [-0.3, -0.25) is 9.69 Å². The summed E-state index contributed by atoms with van der Waals surface area (Å²) in [6.45, 7) is 2.01. The number of esters is 1. The molecule has 6 nitrogen and oxygen atoms in total. The van der Waals surface area contributed by atoms with Gasteiger partial charge >= 0.3 is 12.1 Å². The maximum atomic E-state index is 13.0. The van der Waals surface area contributed by atoms with Crippen LogP contribution >= 0.6 is 0 Å². The minimum absolute atomic E-state index is 0.153. The molecule has 0 atom stereocenters. The minimum atomic E-state index is -5.18. The Labute approximate surface area is 200 Å². The topological polar surface area (TPSA) is 71.5 Å². The van der Waals surface area contributed by atoms with Gasteiger partial charge in [0, 0.05) is 30.2 Å². The molecule has 1 amide bonds. The Kier molecular flexibility index (Phi) is 6.19. The molecular formula is C26H24F3N3O3. The summed E-state index contributed by atoms with van der Waals surface area (Å²) in [6, 6.07) is 14.2. The number of fused-ring (bicyclic) bond motifs is 2. The fraction of sp³-hybridized carbons (Fsp3) is 0.346. The minimum Gasteiger partial charge on any atom is -0.400 e. The molecule has 5 rings (SSSR count). The van der Waals surface area contributed by atoms with Crippen LogP contribution in [0.15, 0.2) is 48.5 Å². The monoisotopic (exact) mass is 483 g/mol. The first-order valence-electron chi connectivity index (χ1n) is 11.6. The summed E-state index contributed by atoms with van der Waals surface area (Å²) < 4.78 is 42.8. The largest absolute Gasteiger partial charge is 0.491 e. The lowest BCUT2D eigenvalue weighted by Crippen LogP contribution is -2.41. The van der Waals surface area contributed by atoms with E-state index < -0.39 is 23.9 Å². The van der Waals surface area contributed by atoms with Crippen molar-refractivity contribution in [3.63, 3.8) is 0 Å². The van der Waals surface area contributed by atoms with Crippen LogP contribution in [-0.4, -0.2) is 47.1 Å². The van der Waals surface area contributed by atoms with Crippen molar-refractivity contribution in [3.8, 4) is 5.88 Å². The van der Waals surface area contributed by atoms with E-state index in [0.29, 0.717) is 17.1 Å². The summed E-state index contributed by atoms with van der Waals surface area (Å²) in [4.78, 5) is 30.9. The molecule has 1 saturated carbocycles. The maximum Gasteiger partial charge on any atom is 0.491 e. The number of ether oxygens (including phenoxy) is 1. The Balaban J connectivity index is 1.36. The average Bonchev–Trinajstić information content (AvgIpc) is 2.99. The predicted molar refractivity (Wildman–Crippen MR) is 124 cm³/mol. The van der Waals surface area contributed by atoms with Crippen LogP contribution in [0.4, 0.5) is 18.9 Å². The molecule has 2 heterocycles. The molecule has 0 unspecified atom stereocenters. The third-order valence-electron chi connectivity index (χ3n) is 6.75. The van der Waals surface area contributed by atoms with Gasteiger partial charge in [0.2, 0.25) is 5.88 Å². The molecule has 3 aromatic rings. The number of pyridine rings is 1. The Morgan fingerprint density at radius 2 is 1.74 bits per heavy atom. The van der Waals surface area contributed by atoms with Crippen LogP contribution in [0.25, 0.3) is 10.8 Å². The SMILES string of the molecule is O=C(Nc1ccc2c(c1)CCN(C1CCC1)CC2)c1cc2ccccc2c(OC(=O)C(F)(F)F)n1. The smallest absolute Gasteiger partial charge is 0.400 e. The standard InChI is InChI=1S/C26H24F3N3O3/c27-26(28,29)25(34)35-24-21-7-2-1-4-18(21)15-22(31-24)23(33)30-19-9-8-16-10-12-32(20-5-3-6-20)13-11-17(16)14-19/h1-2,4,7-9,14-15,20H,3,5-6,10-13H2,(H,30,33). The molecule has 0 radical (unpaired) electrons. The zero-order chi connectivity index (χ0) is 24.6. The van der Waals surface area contributed by atoms with Crippen molar-refractivity contribution in [1.82, 2.24) is 9.88 Å². The number of anilines is 1. The third kappa shape index (κ3) is 5.00. The van der Waals surface area contributed by atoms with Gasteiger partial charge in [-0.05, 0) is 66.5 Å². The number of hydrogen-bond donors (Lipinski definition) is 1. The van der Waals surface area contributed by atoms with Gasteiger partial charge in [-0.2, -0.15) is 13.2 Å². The van der Waals surface area contributed by atoms with Crippen LogP contribution < -0.4 is 10.1 Å². The summed E-state index contributed by atoms with van der Waals surface area (Å²) in [6.07, 6.45) is 0.482. The van der Waals surface area contributed by atoms with Crippen molar-refractivity contribution in [3.05, 3.63) is 65.4 Å². The van der Waals surface area contributed by atoms with Gasteiger partial charge in [-0.25, -0.2) is 9.78 Å². The van der Waals surface area contributed by atoms with E-state index in [0.717, 1.165) is 25.9 Å². The molecule has 2 aromatic carbocycles. The first kappa shape index (κ1) is 23.3. The number of hydrogen-bond acceptors (Lipinski definition) is 5. The van der Waals surface area contributed by atoms with E-state index in [1.807, 2.05) is 18.2 Å². The number of halogens is 3. The van der Waals surface area contributed by atoms with Gasteiger partial charge < -0.3 is 10.1 Å². The van der Waals surface area contributed by atoms with Gasteiger partial charge in [0.1, 0.15) is 5.69 Å². The summed E-state index contributed by atoms with van der Waals surface area (Å²) in [5, 5.41) is 3.41. The quantitative estimate of drug-likeness (QED) is 0.534. The molecule has 1 aromatic heterocycles. The first-order valence-corrected chi connectivity index (χ1v) is 11.6. The van der Waals surface area contributed by atoms with E-state index >= 15 is 0 Å². The van der Waals surface area contributed by atoms with E-state index in [4.69, 9.17) is 0 Å². The van der Waals surface area contributed by atoms with Gasteiger partial charge in [-0.15, -0.1) is 0 Å². The molecule has 35 heavy (non-hydrogen) atoms. The second-order valence-corrected chi connectivity index (χ2v) is 8.98. The van der Waals surface area contributed by atoms with Crippen molar-refractivity contribution < 1.29 is 27.5 Å². The molecule has 1 fully saturated rings. The second kappa shape index (κ2) is 9.30. The van der Waals surface area contributed by atoms with E-state index in [9.17, 15) is 22.8 Å². The van der Waals surface area contributed by atoms with Crippen molar-refractivity contribution in [2.45, 2.75) is 44.3 Å². The predicted octanol–water partition coefficient (Wildman–Crippen LogP) is 4.91. The van der Waals surface area contributed by atoms with Gasteiger partial charge in [0.05, 0.1) is 0 Å². The van der Waals surface area contributed by atoms with Gasteiger partial charge in [0.15, 0.2) is 0 Å². The molecule has 0 saturated heterocycles. The van der Waals surface area contributed by atoms with Crippen LogP contribution in [0.3, 0.4) is 0 Å². The molecule has 9 heteroatoms. The van der Waals surface area contributed by atoms with Crippen LogP contribution in [0, 0.1) is 0 Å². The highest BCUT2D eigenvalue weighted by atomic mass is 19.4. The number of alkyl halides is 3. The fourth-order valence-corrected chi connectivity index (χ4v) is 4.64. The van der Waals surface area contributed by atoms with Crippen LogP contribution in [0.1, 0.15) is 40.9 Å². The van der Waals surface area contributed by atoms with E-state index in [1.165, 1.54) is 42.5 Å². The molecule has 2 aliphatic rings. The van der Waals surface area contributed by atoms with Gasteiger partial charge in [0.25, 0.3) is 5.91 Å². The summed E-state index contributed by atoms with van der Waals surface area (Å²) in [5.74, 6) is -3.56.